The quantitative estimate of drug-likeness (QED) is 0.228. The van der Waals surface area contributed by atoms with Crippen molar-refractivity contribution in [1.29, 1.82) is 5.26 Å². The van der Waals surface area contributed by atoms with Crippen LogP contribution in [0.5, 0.6) is 17.2 Å². The summed E-state index contributed by atoms with van der Waals surface area (Å²) in [4.78, 5) is 32.4. The predicted molar refractivity (Wildman–Crippen MR) is 171 cm³/mol. The molecule has 0 unspecified atom stereocenters. The van der Waals surface area contributed by atoms with E-state index in [1.807, 2.05) is 56.3 Å². The minimum absolute atomic E-state index is 0.0668. The van der Waals surface area contributed by atoms with Gasteiger partial charge in [-0.15, -0.1) is 0 Å². The molecule has 2 heterocycles. The Labute approximate surface area is 264 Å². The van der Waals surface area contributed by atoms with Crippen LogP contribution in [0, 0.1) is 11.3 Å². The highest BCUT2D eigenvalue weighted by molar-refractivity contribution is 7.07. The molecule has 0 aliphatic carbocycles. The maximum Gasteiger partial charge on any atom is 0.338 e. The summed E-state index contributed by atoms with van der Waals surface area (Å²) in [6.45, 7) is 7.89. The number of nitriles is 1. The number of ether oxygens (including phenoxy) is 4. The third-order valence-corrected chi connectivity index (χ3v) is 8.03. The fourth-order valence-corrected chi connectivity index (χ4v) is 6.01. The molecule has 0 amide bonds. The zero-order chi connectivity index (χ0) is 32.1. The monoisotopic (exact) mass is 623 g/mol. The molecule has 5 rings (SSSR count). The first-order valence-electron chi connectivity index (χ1n) is 14.5. The van der Waals surface area contributed by atoms with Gasteiger partial charge in [-0.25, -0.2) is 9.79 Å². The molecule has 1 aliphatic heterocycles. The Morgan fingerprint density at radius 2 is 1.82 bits per heavy atom. The Bertz CT molecular complexity index is 1970. The second-order valence-electron chi connectivity index (χ2n) is 10.5. The Morgan fingerprint density at radius 3 is 2.47 bits per heavy atom. The van der Waals surface area contributed by atoms with E-state index in [-0.39, 0.29) is 18.3 Å². The Morgan fingerprint density at radius 1 is 1.09 bits per heavy atom. The van der Waals surface area contributed by atoms with Crippen LogP contribution >= 0.6 is 11.3 Å². The third kappa shape index (κ3) is 6.84. The molecule has 0 saturated carbocycles. The number of nitrogens with zero attached hydrogens (tertiary/aromatic N) is 3. The van der Waals surface area contributed by atoms with Gasteiger partial charge in [-0.3, -0.25) is 9.36 Å². The number of allylic oxidation sites excluding steroid dienone is 1. The molecular formula is C35H33N3O6S. The smallest absolute Gasteiger partial charge is 0.338 e. The minimum atomic E-state index is -0.776. The fraction of sp³-hybridized carbons (Fsp3) is 0.257. The van der Waals surface area contributed by atoms with Crippen molar-refractivity contribution < 1.29 is 23.7 Å². The summed E-state index contributed by atoms with van der Waals surface area (Å²) in [5, 5.41) is 8.98. The van der Waals surface area contributed by atoms with Crippen LogP contribution in [0.3, 0.4) is 0 Å². The van der Waals surface area contributed by atoms with Gasteiger partial charge in [0.1, 0.15) is 12.4 Å². The Hall–Kier alpha value is -5.14. The number of hydrogen-bond donors (Lipinski definition) is 0. The van der Waals surface area contributed by atoms with Gasteiger partial charge in [0, 0.05) is 0 Å². The van der Waals surface area contributed by atoms with Gasteiger partial charge >= 0.3 is 5.97 Å². The van der Waals surface area contributed by atoms with E-state index in [1.54, 1.807) is 55.9 Å². The molecule has 45 heavy (non-hydrogen) atoms. The number of carbonyl (C=O) groups excluding carboxylic acids is 1. The summed E-state index contributed by atoms with van der Waals surface area (Å²) < 4.78 is 24.8. The molecule has 1 atom stereocenters. The summed E-state index contributed by atoms with van der Waals surface area (Å²) in [7, 11) is 1.55. The lowest BCUT2D eigenvalue weighted by molar-refractivity contribution is -0.139. The topological polar surface area (TPSA) is 112 Å². The van der Waals surface area contributed by atoms with E-state index in [1.165, 1.54) is 11.3 Å². The SMILES string of the molecule is CCOC(=O)C1=C(C)N=c2s/c(=C/c3ccc(OCc4ccc(C#N)cc4)cc3)c(=O)n2[C@H]1c1ccc(OC(C)C)c(OC)c1. The highest BCUT2D eigenvalue weighted by atomic mass is 32.1. The molecule has 4 aromatic rings. The van der Waals surface area contributed by atoms with Crippen LogP contribution < -0.4 is 29.1 Å². The molecule has 230 valence electrons. The third-order valence-electron chi connectivity index (χ3n) is 7.05. The first kappa shape index (κ1) is 31.3. The summed E-state index contributed by atoms with van der Waals surface area (Å²) >= 11 is 1.25. The van der Waals surface area contributed by atoms with Crippen molar-refractivity contribution in [2.75, 3.05) is 13.7 Å². The highest BCUT2D eigenvalue weighted by Crippen LogP contribution is 2.36. The molecule has 0 radical (unpaired) electrons. The molecule has 0 fully saturated rings. The first-order chi connectivity index (χ1) is 21.7. The van der Waals surface area contributed by atoms with E-state index in [9.17, 15) is 9.59 Å². The Kier molecular flexibility index (Phi) is 9.50. The van der Waals surface area contributed by atoms with Crippen molar-refractivity contribution >= 4 is 23.4 Å². The van der Waals surface area contributed by atoms with Gasteiger partial charge in [0.25, 0.3) is 5.56 Å². The number of hydrogen-bond acceptors (Lipinski definition) is 9. The van der Waals surface area contributed by atoms with Crippen LogP contribution in [0.4, 0.5) is 0 Å². The van der Waals surface area contributed by atoms with Crippen molar-refractivity contribution in [2.24, 2.45) is 4.99 Å². The second-order valence-corrected chi connectivity index (χ2v) is 11.6. The number of thiazole rings is 1. The van der Waals surface area contributed by atoms with Crippen molar-refractivity contribution in [3.8, 4) is 23.3 Å². The summed E-state index contributed by atoms with van der Waals surface area (Å²) in [5.41, 5.74) is 3.51. The molecule has 10 heteroatoms. The summed E-state index contributed by atoms with van der Waals surface area (Å²) in [5.74, 6) is 1.19. The predicted octanol–water partition coefficient (Wildman–Crippen LogP) is 5.04. The lowest BCUT2D eigenvalue weighted by atomic mass is 9.95. The fourth-order valence-electron chi connectivity index (χ4n) is 4.97. The van der Waals surface area contributed by atoms with Crippen LogP contribution in [0.15, 0.2) is 87.8 Å². The van der Waals surface area contributed by atoms with Gasteiger partial charge < -0.3 is 18.9 Å². The van der Waals surface area contributed by atoms with Crippen LogP contribution in [-0.2, 0) is 16.1 Å². The van der Waals surface area contributed by atoms with Crippen molar-refractivity contribution in [2.45, 2.75) is 46.4 Å². The maximum absolute atomic E-state index is 14.0. The van der Waals surface area contributed by atoms with Gasteiger partial charge in [-0.05, 0) is 86.9 Å². The van der Waals surface area contributed by atoms with Crippen LogP contribution in [0.2, 0.25) is 0 Å². The first-order valence-corrected chi connectivity index (χ1v) is 15.3. The van der Waals surface area contributed by atoms with E-state index in [4.69, 9.17) is 24.2 Å². The van der Waals surface area contributed by atoms with Gasteiger partial charge in [0.05, 0.1) is 53.3 Å². The van der Waals surface area contributed by atoms with Gasteiger partial charge in [0.2, 0.25) is 0 Å². The normalized spacial score (nSPS) is 14.4. The van der Waals surface area contributed by atoms with E-state index in [2.05, 4.69) is 11.1 Å². The van der Waals surface area contributed by atoms with Crippen LogP contribution in [-0.4, -0.2) is 30.4 Å². The number of benzene rings is 3. The summed E-state index contributed by atoms with van der Waals surface area (Å²) in [6.07, 6.45) is 1.73. The molecule has 0 saturated heterocycles. The van der Waals surface area contributed by atoms with Crippen LogP contribution in [0.1, 0.15) is 56.0 Å². The molecule has 0 N–H and O–H groups in total. The van der Waals surface area contributed by atoms with Gasteiger partial charge in [-0.1, -0.05) is 41.7 Å². The number of esters is 1. The molecule has 9 nitrogen and oxygen atoms in total. The van der Waals surface area contributed by atoms with E-state index < -0.39 is 12.0 Å². The minimum Gasteiger partial charge on any atom is -0.493 e. The maximum atomic E-state index is 14.0. The van der Waals surface area contributed by atoms with E-state index in [0.29, 0.717) is 55.6 Å². The highest BCUT2D eigenvalue weighted by Gasteiger charge is 2.34. The standard InChI is InChI=1S/C35H33N3O6S/c1-6-42-34(40)31-22(4)37-35-38(32(31)26-13-16-28(44-21(2)3)29(18-26)41-5)33(39)30(45-35)17-23-11-14-27(15-12-23)43-20-25-9-7-24(19-36)8-10-25/h7-18,21,32H,6,20H2,1-5H3/b30-17+/t32-/m0/s1. The molecule has 0 spiro atoms. The second kappa shape index (κ2) is 13.7. The number of methoxy groups -OCH3 is 1. The van der Waals surface area contributed by atoms with Crippen molar-refractivity contribution in [1.82, 2.24) is 4.57 Å². The van der Waals surface area contributed by atoms with E-state index >= 15 is 0 Å². The zero-order valence-corrected chi connectivity index (χ0v) is 26.5. The number of aromatic nitrogens is 1. The number of fused-ring (bicyclic) bond motifs is 1. The largest absolute Gasteiger partial charge is 0.493 e. The van der Waals surface area contributed by atoms with Gasteiger partial charge in [-0.2, -0.15) is 5.26 Å². The molecule has 1 aliphatic rings. The molecule has 1 aromatic heterocycles. The summed E-state index contributed by atoms with van der Waals surface area (Å²) in [6, 6.07) is 21.4. The van der Waals surface area contributed by atoms with Crippen LogP contribution in [0.25, 0.3) is 6.08 Å². The number of rotatable bonds is 10. The zero-order valence-electron chi connectivity index (χ0n) is 25.7. The lowest BCUT2D eigenvalue weighted by Crippen LogP contribution is -2.40. The Balaban J connectivity index is 1.50. The molecule has 0 bridgehead atoms. The average molecular weight is 624 g/mol. The molecule has 3 aromatic carbocycles. The van der Waals surface area contributed by atoms with E-state index in [0.717, 1.165) is 11.1 Å². The van der Waals surface area contributed by atoms with Crippen molar-refractivity contribution in [3.05, 3.63) is 120 Å². The lowest BCUT2D eigenvalue weighted by Gasteiger charge is -2.25. The number of carbonyl (C=O) groups is 1. The van der Waals surface area contributed by atoms with Gasteiger partial charge in [0.15, 0.2) is 16.3 Å². The van der Waals surface area contributed by atoms with Crippen molar-refractivity contribution in [3.63, 3.8) is 0 Å². The molecular weight excluding hydrogens is 590 g/mol. The average Bonchev–Trinajstić information content (AvgIpc) is 3.33.